The minimum Gasteiger partial charge on any atom is -0.348 e. The number of carbonyl (C=O) groups excluding carboxylic acids is 2. The summed E-state index contributed by atoms with van der Waals surface area (Å²) in [6.07, 6.45) is 3.32. The molecule has 3 aromatic rings. The number of amides is 2. The second-order valence-corrected chi connectivity index (χ2v) is 8.90. The number of piperidine rings is 1. The summed E-state index contributed by atoms with van der Waals surface area (Å²) >= 11 is 5.86. The van der Waals surface area contributed by atoms with Crippen molar-refractivity contribution in [1.82, 2.24) is 19.8 Å². The molecule has 3 heterocycles. The first-order chi connectivity index (χ1) is 15.4. The first-order valence-electron chi connectivity index (χ1n) is 11.0. The number of pyridine rings is 1. The number of aromatic nitrogens is 2. The molecule has 0 atom stereocenters. The summed E-state index contributed by atoms with van der Waals surface area (Å²) in [6.45, 7) is 6.35. The van der Waals surface area contributed by atoms with Crippen LogP contribution in [0.1, 0.15) is 37.2 Å². The van der Waals surface area contributed by atoms with Crippen LogP contribution in [0, 0.1) is 0 Å². The van der Waals surface area contributed by atoms with Crippen LogP contribution in [0.3, 0.4) is 0 Å². The smallest absolute Gasteiger partial charge is 0.268 e. The van der Waals surface area contributed by atoms with E-state index in [0.717, 1.165) is 36.8 Å². The second-order valence-electron chi connectivity index (χ2n) is 8.46. The van der Waals surface area contributed by atoms with Crippen molar-refractivity contribution in [3.05, 3.63) is 59.4 Å². The van der Waals surface area contributed by atoms with Crippen LogP contribution in [0.5, 0.6) is 0 Å². The number of para-hydroxylation sites is 1. The number of fused-ring (bicyclic) bond motifs is 1. The van der Waals surface area contributed by atoms with Crippen LogP contribution >= 0.6 is 11.6 Å². The number of carbonyl (C=O) groups is 2. The van der Waals surface area contributed by atoms with Crippen LogP contribution in [0.2, 0.25) is 5.02 Å². The molecular formula is C24H28ClN5O2. The van der Waals surface area contributed by atoms with Gasteiger partial charge in [-0.3, -0.25) is 9.59 Å². The van der Waals surface area contributed by atoms with E-state index in [9.17, 15) is 9.59 Å². The molecular weight excluding hydrogens is 426 g/mol. The minimum atomic E-state index is -0.263. The van der Waals surface area contributed by atoms with Crippen LogP contribution in [0.4, 0.5) is 5.82 Å². The third-order valence-electron chi connectivity index (χ3n) is 5.93. The zero-order valence-corrected chi connectivity index (χ0v) is 19.1. The lowest BCUT2D eigenvalue weighted by atomic mass is 10.0. The maximum Gasteiger partial charge on any atom is 0.268 e. The minimum absolute atomic E-state index is 0.00632. The molecule has 8 heteroatoms. The molecule has 2 N–H and O–H groups in total. The van der Waals surface area contributed by atoms with Gasteiger partial charge >= 0.3 is 0 Å². The molecule has 168 valence electrons. The van der Waals surface area contributed by atoms with Gasteiger partial charge in [-0.2, -0.15) is 0 Å². The highest BCUT2D eigenvalue weighted by Crippen LogP contribution is 2.21. The second kappa shape index (κ2) is 9.71. The Morgan fingerprint density at radius 3 is 2.59 bits per heavy atom. The number of halogens is 1. The maximum absolute atomic E-state index is 13.2. The van der Waals surface area contributed by atoms with Gasteiger partial charge in [0.05, 0.1) is 5.02 Å². The van der Waals surface area contributed by atoms with Gasteiger partial charge in [-0.05, 0) is 51.0 Å². The maximum atomic E-state index is 13.2. The molecule has 0 radical (unpaired) electrons. The van der Waals surface area contributed by atoms with Crippen LogP contribution in [0.25, 0.3) is 10.9 Å². The molecule has 1 saturated heterocycles. The van der Waals surface area contributed by atoms with Crippen LogP contribution in [-0.2, 0) is 11.3 Å². The van der Waals surface area contributed by atoms with Gasteiger partial charge in [-0.25, -0.2) is 4.98 Å². The van der Waals surface area contributed by atoms with E-state index in [1.54, 1.807) is 16.7 Å². The quantitative estimate of drug-likeness (QED) is 0.592. The van der Waals surface area contributed by atoms with E-state index in [-0.39, 0.29) is 24.4 Å². The molecule has 0 unspecified atom stereocenters. The topological polar surface area (TPSA) is 79.3 Å². The molecule has 0 saturated carbocycles. The fourth-order valence-electron chi connectivity index (χ4n) is 4.16. The Hall–Kier alpha value is -2.90. The van der Waals surface area contributed by atoms with Gasteiger partial charge in [0.25, 0.3) is 5.91 Å². The number of hydrogen-bond acceptors (Lipinski definition) is 4. The number of nitrogens with one attached hydrogen (secondary N) is 2. The zero-order chi connectivity index (χ0) is 22.7. The summed E-state index contributed by atoms with van der Waals surface area (Å²) in [4.78, 5) is 32.5. The predicted octanol–water partition coefficient (Wildman–Crippen LogP) is 3.93. The molecule has 2 amide bonds. The van der Waals surface area contributed by atoms with Crippen LogP contribution in [-0.4, -0.2) is 51.4 Å². The Balaban J connectivity index is 1.50. The van der Waals surface area contributed by atoms with Crippen molar-refractivity contribution >= 4 is 40.1 Å². The van der Waals surface area contributed by atoms with Gasteiger partial charge in [0, 0.05) is 42.3 Å². The van der Waals surface area contributed by atoms with E-state index >= 15 is 0 Å². The largest absolute Gasteiger partial charge is 0.348 e. The number of hydrogen-bond donors (Lipinski definition) is 2. The number of anilines is 1. The third-order valence-corrected chi connectivity index (χ3v) is 6.16. The van der Waals surface area contributed by atoms with E-state index in [4.69, 9.17) is 11.6 Å². The SMILES string of the molecule is CC(C)N1CCC(NC(=O)c2cc3ccccc3n2CC(=O)Nc2ccc(Cl)cn2)CC1. The molecule has 0 aliphatic carbocycles. The van der Waals surface area contributed by atoms with E-state index in [1.165, 1.54) is 6.20 Å². The van der Waals surface area contributed by atoms with Crippen LogP contribution in [0.15, 0.2) is 48.7 Å². The summed E-state index contributed by atoms with van der Waals surface area (Å²) in [6, 6.07) is 13.5. The summed E-state index contributed by atoms with van der Waals surface area (Å²) in [5.41, 5.74) is 1.32. The number of rotatable bonds is 6. The molecule has 1 aliphatic rings. The molecule has 1 aliphatic heterocycles. The van der Waals surface area contributed by atoms with Crippen molar-refractivity contribution in [2.45, 2.75) is 45.3 Å². The summed E-state index contributed by atoms with van der Waals surface area (Å²) in [5, 5.41) is 7.37. The van der Waals surface area contributed by atoms with Crippen molar-refractivity contribution in [2.75, 3.05) is 18.4 Å². The average Bonchev–Trinajstić information content (AvgIpc) is 3.14. The fourth-order valence-corrected chi connectivity index (χ4v) is 4.28. The number of benzene rings is 1. The highest BCUT2D eigenvalue weighted by atomic mass is 35.5. The van der Waals surface area contributed by atoms with E-state index in [0.29, 0.717) is 22.6 Å². The Kier molecular flexibility index (Phi) is 6.77. The molecule has 1 aromatic carbocycles. The number of likely N-dealkylation sites (tertiary alicyclic amines) is 1. The lowest BCUT2D eigenvalue weighted by Gasteiger charge is -2.34. The predicted molar refractivity (Wildman–Crippen MR) is 127 cm³/mol. The molecule has 7 nitrogen and oxygen atoms in total. The summed E-state index contributed by atoms with van der Waals surface area (Å²) in [5.74, 6) is 0.000794. The molecule has 0 bridgehead atoms. The fraction of sp³-hybridized carbons (Fsp3) is 0.375. The molecule has 2 aromatic heterocycles. The highest BCUT2D eigenvalue weighted by Gasteiger charge is 2.24. The Bertz CT molecular complexity index is 1100. The van der Waals surface area contributed by atoms with Crippen molar-refractivity contribution in [3.63, 3.8) is 0 Å². The summed E-state index contributed by atoms with van der Waals surface area (Å²) in [7, 11) is 0. The van der Waals surface area contributed by atoms with Gasteiger partial charge in [0.1, 0.15) is 18.1 Å². The van der Waals surface area contributed by atoms with Gasteiger partial charge < -0.3 is 20.1 Å². The van der Waals surface area contributed by atoms with Crippen molar-refractivity contribution in [1.29, 1.82) is 0 Å². The van der Waals surface area contributed by atoms with Gasteiger partial charge in [-0.1, -0.05) is 29.8 Å². The molecule has 4 rings (SSSR count). The van der Waals surface area contributed by atoms with Gasteiger partial charge in [0.2, 0.25) is 5.91 Å². The van der Waals surface area contributed by atoms with Gasteiger partial charge in [0.15, 0.2) is 0 Å². The lowest BCUT2D eigenvalue weighted by Crippen LogP contribution is -2.47. The van der Waals surface area contributed by atoms with Crippen LogP contribution < -0.4 is 10.6 Å². The first kappa shape index (κ1) is 22.3. The van der Waals surface area contributed by atoms with E-state index < -0.39 is 0 Å². The van der Waals surface area contributed by atoms with E-state index in [2.05, 4.69) is 34.4 Å². The Labute approximate surface area is 192 Å². The molecule has 1 fully saturated rings. The summed E-state index contributed by atoms with van der Waals surface area (Å²) < 4.78 is 1.76. The standard InChI is InChI=1S/C24H28ClN5O2/c1-16(2)29-11-9-19(10-12-29)27-24(32)21-13-17-5-3-4-6-20(17)30(21)15-23(31)28-22-8-7-18(25)14-26-22/h3-8,13-14,16,19H,9-12,15H2,1-2H3,(H,27,32)(H,26,28,31). The van der Waals surface area contributed by atoms with Gasteiger partial charge in [-0.15, -0.1) is 0 Å². The van der Waals surface area contributed by atoms with Crippen molar-refractivity contribution in [2.24, 2.45) is 0 Å². The average molecular weight is 454 g/mol. The lowest BCUT2D eigenvalue weighted by molar-refractivity contribution is -0.116. The highest BCUT2D eigenvalue weighted by molar-refractivity contribution is 6.30. The van der Waals surface area contributed by atoms with Crippen molar-refractivity contribution < 1.29 is 9.59 Å². The first-order valence-corrected chi connectivity index (χ1v) is 11.3. The Morgan fingerprint density at radius 2 is 1.91 bits per heavy atom. The normalized spacial score (nSPS) is 15.2. The Morgan fingerprint density at radius 1 is 1.16 bits per heavy atom. The zero-order valence-electron chi connectivity index (χ0n) is 18.3. The monoisotopic (exact) mass is 453 g/mol. The van der Waals surface area contributed by atoms with E-state index in [1.807, 2.05) is 30.3 Å². The molecule has 32 heavy (non-hydrogen) atoms. The third kappa shape index (κ3) is 5.11. The number of nitrogens with zero attached hydrogens (tertiary/aromatic N) is 3. The molecule has 0 spiro atoms. The van der Waals surface area contributed by atoms with Crippen molar-refractivity contribution in [3.8, 4) is 0 Å².